The van der Waals surface area contributed by atoms with Crippen molar-refractivity contribution in [2.24, 2.45) is 0 Å². The Balaban J connectivity index is 0.00000162. The first-order valence-electron chi connectivity index (χ1n) is 5.92. The molecule has 0 radical (unpaired) electrons. The van der Waals surface area contributed by atoms with Crippen molar-refractivity contribution < 1.29 is 12.8 Å². The van der Waals surface area contributed by atoms with Crippen LogP contribution in [0.5, 0.6) is 0 Å². The number of nitrogens with one attached hydrogen (secondary N) is 1. The predicted molar refractivity (Wildman–Crippen MR) is 71.4 cm³/mol. The van der Waals surface area contributed by atoms with Crippen LogP contribution in [0.3, 0.4) is 0 Å². The van der Waals surface area contributed by atoms with Gasteiger partial charge in [0.2, 0.25) is 5.09 Å². The Bertz CT molecular complexity index is 441. The highest BCUT2D eigenvalue weighted by Gasteiger charge is 2.34. The molecule has 0 spiro atoms. The van der Waals surface area contributed by atoms with Gasteiger partial charge in [0.1, 0.15) is 0 Å². The average molecular weight is 295 g/mol. The van der Waals surface area contributed by atoms with E-state index in [1.807, 2.05) is 6.92 Å². The molecule has 0 aromatic carbocycles. The topological polar surface area (TPSA) is 62.6 Å². The molecule has 5 nitrogen and oxygen atoms in total. The molecule has 0 saturated carbocycles. The molecule has 2 rings (SSSR count). The maximum atomic E-state index is 12.4. The van der Waals surface area contributed by atoms with Crippen LogP contribution in [-0.4, -0.2) is 38.4 Å². The van der Waals surface area contributed by atoms with E-state index in [0.29, 0.717) is 6.54 Å². The van der Waals surface area contributed by atoms with E-state index < -0.39 is 10.0 Å². The van der Waals surface area contributed by atoms with Crippen LogP contribution in [-0.2, 0) is 10.0 Å². The Labute approximate surface area is 114 Å². The Morgan fingerprint density at radius 2 is 2.33 bits per heavy atom. The zero-order chi connectivity index (χ0) is 12.3. The second-order valence-corrected chi connectivity index (χ2v) is 6.02. The number of rotatable bonds is 5. The van der Waals surface area contributed by atoms with Crippen molar-refractivity contribution in [1.29, 1.82) is 0 Å². The minimum Gasteiger partial charge on any atom is -0.452 e. The smallest absolute Gasteiger partial charge is 0.276 e. The summed E-state index contributed by atoms with van der Waals surface area (Å²) in [5.41, 5.74) is 0. The van der Waals surface area contributed by atoms with Gasteiger partial charge in [-0.05, 0) is 31.5 Å². The Hall–Kier alpha value is -0.560. The summed E-state index contributed by atoms with van der Waals surface area (Å²) in [7, 11) is -3.48. The van der Waals surface area contributed by atoms with Crippen LogP contribution < -0.4 is 5.32 Å². The molecule has 2 heterocycles. The van der Waals surface area contributed by atoms with Gasteiger partial charge in [-0.2, -0.15) is 4.31 Å². The third-order valence-corrected chi connectivity index (χ3v) is 4.78. The molecule has 18 heavy (non-hydrogen) atoms. The highest BCUT2D eigenvalue weighted by atomic mass is 35.5. The molecule has 1 fully saturated rings. The normalized spacial score (nSPS) is 20.0. The lowest BCUT2D eigenvalue weighted by Crippen LogP contribution is -2.41. The number of nitrogens with zero attached hydrogens (tertiary/aromatic N) is 1. The predicted octanol–water partition coefficient (Wildman–Crippen LogP) is 1.46. The van der Waals surface area contributed by atoms with Crippen molar-refractivity contribution >= 4 is 22.4 Å². The first kappa shape index (κ1) is 15.5. The molecule has 1 aromatic heterocycles. The van der Waals surface area contributed by atoms with E-state index in [2.05, 4.69) is 5.32 Å². The van der Waals surface area contributed by atoms with Crippen LogP contribution in [0.4, 0.5) is 0 Å². The van der Waals surface area contributed by atoms with Gasteiger partial charge in [-0.25, -0.2) is 8.42 Å². The molecule has 7 heteroatoms. The first-order chi connectivity index (χ1) is 8.16. The highest BCUT2D eigenvalue weighted by Crippen LogP contribution is 2.21. The summed E-state index contributed by atoms with van der Waals surface area (Å²) in [6, 6.07) is 3.15. The molecule has 0 bridgehead atoms. The monoisotopic (exact) mass is 294 g/mol. The summed E-state index contributed by atoms with van der Waals surface area (Å²) in [5.74, 6) is 0. The molecule has 1 unspecified atom stereocenters. The molecule has 1 atom stereocenters. The van der Waals surface area contributed by atoms with E-state index in [1.54, 1.807) is 10.4 Å². The van der Waals surface area contributed by atoms with Crippen LogP contribution in [0.25, 0.3) is 0 Å². The summed E-state index contributed by atoms with van der Waals surface area (Å²) in [6.45, 7) is 4.11. The quantitative estimate of drug-likeness (QED) is 0.893. The van der Waals surface area contributed by atoms with E-state index in [9.17, 15) is 8.42 Å². The van der Waals surface area contributed by atoms with Crippen molar-refractivity contribution in [3.63, 3.8) is 0 Å². The molecule has 104 valence electrons. The molecule has 1 aliphatic rings. The molecular weight excluding hydrogens is 276 g/mol. The summed E-state index contributed by atoms with van der Waals surface area (Å²) in [5, 5.41) is 3.23. The minimum absolute atomic E-state index is 0. The largest absolute Gasteiger partial charge is 0.452 e. The van der Waals surface area contributed by atoms with Gasteiger partial charge in [-0.1, -0.05) is 6.92 Å². The fourth-order valence-electron chi connectivity index (χ4n) is 2.13. The van der Waals surface area contributed by atoms with Gasteiger partial charge in [0.05, 0.1) is 6.26 Å². The number of halogens is 1. The Morgan fingerprint density at radius 3 is 2.83 bits per heavy atom. The van der Waals surface area contributed by atoms with E-state index in [4.69, 9.17) is 4.42 Å². The van der Waals surface area contributed by atoms with Gasteiger partial charge in [0.15, 0.2) is 0 Å². The van der Waals surface area contributed by atoms with E-state index in [1.165, 1.54) is 12.3 Å². The number of furan rings is 1. The van der Waals surface area contributed by atoms with Crippen molar-refractivity contribution in [2.45, 2.75) is 30.9 Å². The molecule has 1 saturated heterocycles. The maximum Gasteiger partial charge on any atom is 0.276 e. The van der Waals surface area contributed by atoms with E-state index >= 15 is 0 Å². The van der Waals surface area contributed by atoms with Gasteiger partial charge in [0, 0.05) is 19.1 Å². The van der Waals surface area contributed by atoms with Crippen LogP contribution in [0.2, 0.25) is 0 Å². The fraction of sp³-hybridized carbons (Fsp3) is 0.636. The minimum atomic E-state index is -3.48. The molecule has 0 amide bonds. The number of sulfonamides is 1. The second kappa shape index (κ2) is 6.56. The standard InChI is InChI=1S/C11H18N2O3S.ClH/c1-2-7-13(10-5-6-12-9-10)17(14,15)11-4-3-8-16-11;/h3-4,8,10,12H,2,5-7,9H2,1H3;1H. The van der Waals surface area contributed by atoms with Gasteiger partial charge < -0.3 is 9.73 Å². The summed E-state index contributed by atoms with van der Waals surface area (Å²) in [4.78, 5) is 0. The van der Waals surface area contributed by atoms with E-state index in [0.717, 1.165) is 25.9 Å². The van der Waals surface area contributed by atoms with Crippen LogP contribution in [0.1, 0.15) is 19.8 Å². The molecule has 1 aromatic rings. The summed E-state index contributed by atoms with van der Waals surface area (Å²) < 4.78 is 31.3. The summed E-state index contributed by atoms with van der Waals surface area (Å²) in [6.07, 6.45) is 3.06. The Morgan fingerprint density at radius 1 is 1.56 bits per heavy atom. The molecule has 0 aliphatic carbocycles. The van der Waals surface area contributed by atoms with Gasteiger partial charge in [-0.3, -0.25) is 0 Å². The van der Waals surface area contributed by atoms with Crippen molar-refractivity contribution in [2.75, 3.05) is 19.6 Å². The van der Waals surface area contributed by atoms with Crippen molar-refractivity contribution in [3.8, 4) is 0 Å². The zero-order valence-corrected chi connectivity index (χ0v) is 12.0. The first-order valence-corrected chi connectivity index (χ1v) is 7.36. The van der Waals surface area contributed by atoms with Gasteiger partial charge in [-0.15, -0.1) is 12.4 Å². The van der Waals surface area contributed by atoms with Gasteiger partial charge >= 0.3 is 0 Å². The van der Waals surface area contributed by atoms with Crippen molar-refractivity contribution in [1.82, 2.24) is 9.62 Å². The fourth-order valence-corrected chi connectivity index (χ4v) is 3.78. The molecular formula is C11H19ClN2O3S. The average Bonchev–Trinajstić information content (AvgIpc) is 2.97. The highest BCUT2D eigenvalue weighted by molar-refractivity contribution is 7.89. The second-order valence-electron chi connectivity index (χ2n) is 4.19. The third-order valence-electron chi connectivity index (χ3n) is 2.94. The lowest BCUT2D eigenvalue weighted by atomic mass is 10.2. The molecule has 1 N–H and O–H groups in total. The lowest BCUT2D eigenvalue weighted by Gasteiger charge is -2.25. The number of hydrogen-bond acceptors (Lipinski definition) is 4. The molecule has 1 aliphatic heterocycles. The van der Waals surface area contributed by atoms with Crippen molar-refractivity contribution in [3.05, 3.63) is 18.4 Å². The zero-order valence-electron chi connectivity index (χ0n) is 10.3. The third kappa shape index (κ3) is 3.06. The number of hydrogen-bond donors (Lipinski definition) is 1. The van der Waals surface area contributed by atoms with Crippen LogP contribution in [0, 0.1) is 0 Å². The SMILES string of the molecule is CCCN(C1CCNC1)S(=O)(=O)c1ccco1.Cl. The van der Waals surface area contributed by atoms with Gasteiger partial charge in [0.25, 0.3) is 10.0 Å². The van der Waals surface area contributed by atoms with Crippen LogP contribution in [0.15, 0.2) is 27.9 Å². The lowest BCUT2D eigenvalue weighted by molar-refractivity contribution is 0.321. The summed E-state index contributed by atoms with van der Waals surface area (Å²) >= 11 is 0. The maximum absolute atomic E-state index is 12.4. The van der Waals surface area contributed by atoms with E-state index in [-0.39, 0.29) is 23.5 Å². The van der Waals surface area contributed by atoms with Crippen LogP contribution >= 0.6 is 12.4 Å². The Kier molecular flexibility index (Phi) is 5.65.